The fourth-order valence-electron chi connectivity index (χ4n) is 3.64. The number of rotatable bonds is 5. The second kappa shape index (κ2) is 10.3. The zero-order valence-corrected chi connectivity index (χ0v) is 19.7. The number of carbonyl (C=O) groups excluding carboxylic acids is 2. The maximum absolute atomic E-state index is 13.0. The van der Waals surface area contributed by atoms with Crippen LogP contribution >= 0.6 is 0 Å². The molecule has 2 heterocycles. The second-order valence-electron chi connectivity index (χ2n) is 8.45. The smallest absolute Gasteiger partial charge is 0.420 e. The molecule has 1 amide bonds. The van der Waals surface area contributed by atoms with E-state index in [-0.39, 0.29) is 11.7 Å². The van der Waals surface area contributed by atoms with E-state index in [4.69, 9.17) is 0 Å². The van der Waals surface area contributed by atoms with E-state index in [9.17, 15) is 22.8 Å². The topological polar surface area (TPSA) is 87.7 Å². The van der Waals surface area contributed by atoms with Gasteiger partial charge < -0.3 is 19.9 Å². The first-order valence-corrected chi connectivity index (χ1v) is 11.2. The number of nitrogens with zero attached hydrogens (tertiary/aromatic N) is 4. The van der Waals surface area contributed by atoms with Gasteiger partial charge in [0.15, 0.2) is 0 Å². The lowest BCUT2D eigenvalue weighted by atomic mass is 10.1. The maximum Gasteiger partial charge on any atom is 0.491 e. The highest BCUT2D eigenvalue weighted by Gasteiger charge is 2.41. The van der Waals surface area contributed by atoms with Gasteiger partial charge in [0.05, 0.1) is 18.1 Å². The molecule has 1 fully saturated rings. The first kappa shape index (κ1) is 25.1. The van der Waals surface area contributed by atoms with Gasteiger partial charge in [0.1, 0.15) is 11.6 Å². The number of anilines is 2. The molecule has 0 unspecified atom stereocenters. The summed E-state index contributed by atoms with van der Waals surface area (Å²) < 4.78 is 41.5. The molecule has 1 aromatic heterocycles. The number of hydrogen-bond acceptors (Lipinski definition) is 7. The van der Waals surface area contributed by atoms with E-state index in [1.165, 1.54) is 36.7 Å². The Hall–Kier alpha value is -3.99. The molecule has 0 atom stereocenters. The number of amides is 1. The summed E-state index contributed by atoms with van der Waals surface area (Å²) in [5.74, 6) is -2.13. The van der Waals surface area contributed by atoms with Gasteiger partial charge in [0.2, 0.25) is 0 Å². The number of alkyl halides is 3. The summed E-state index contributed by atoms with van der Waals surface area (Å²) in [6, 6.07) is 10.9. The average molecular weight is 499 g/mol. The van der Waals surface area contributed by atoms with E-state index in [0.717, 1.165) is 18.7 Å². The van der Waals surface area contributed by atoms with Gasteiger partial charge in [-0.3, -0.25) is 9.78 Å². The van der Waals surface area contributed by atoms with Gasteiger partial charge >= 0.3 is 12.1 Å². The largest absolute Gasteiger partial charge is 0.491 e. The lowest BCUT2D eigenvalue weighted by molar-refractivity contribution is -0.189. The summed E-state index contributed by atoms with van der Waals surface area (Å²) in [6.07, 6.45) is -2.05. The van der Waals surface area contributed by atoms with Crippen molar-refractivity contribution in [2.45, 2.75) is 13.1 Å². The lowest BCUT2D eigenvalue weighted by Crippen LogP contribution is -2.47. The molecular formula is C25H24F3N5O3. The molecule has 3 aromatic rings. The number of piperazine rings is 1. The molecule has 0 aliphatic carbocycles. The number of aromatic nitrogens is 2. The van der Waals surface area contributed by atoms with Crippen LogP contribution in [0.5, 0.6) is 5.75 Å². The average Bonchev–Trinajstić information content (AvgIpc) is 2.85. The summed E-state index contributed by atoms with van der Waals surface area (Å²) >= 11 is 0. The zero-order valence-electron chi connectivity index (χ0n) is 19.7. The van der Waals surface area contributed by atoms with Crippen LogP contribution in [0.2, 0.25) is 0 Å². The summed E-state index contributed by atoms with van der Waals surface area (Å²) in [5, 5.41) is 3.19. The van der Waals surface area contributed by atoms with Crippen molar-refractivity contribution < 1.29 is 27.5 Å². The molecule has 11 heteroatoms. The van der Waals surface area contributed by atoms with Crippen molar-refractivity contribution in [3.8, 4) is 17.0 Å². The summed E-state index contributed by atoms with van der Waals surface area (Å²) in [5.41, 5.74) is 3.20. The van der Waals surface area contributed by atoms with E-state index in [2.05, 4.69) is 24.9 Å². The molecule has 4 rings (SSSR count). The summed E-state index contributed by atoms with van der Waals surface area (Å²) in [7, 11) is 2.03. The van der Waals surface area contributed by atoms with Crippen molar-refractivity contribution in [2.24, 2.45) is 0 Å². The molecular weight excluding hydrogens is 475 g/mol. The molecule has 0 spiro atoms. The third-order valence-electron chi connectivity index (χ3n) is 5.76. The number of hydrogen-bond donors (Lipinski definition) is 1. The van der Waals surface area contributed by atoms with Gasteiger partial charge in [-0.15, -0.1) is 0 Å². The van der Waals surface area contributed by atoms with Crippen LogP contribution in [0.1, 0.15) is 15.9 Å². The first-order chi connectivity index (χ1) is 17.1. The number of carbonyl (C=O) groups is 2. The van der Waals surface area contributed by atoms with E-state index in [1.54, 1.807) is 12.1 Å². The van der Waals surface area contributed by atoms with Gasteiger partial charge in [-0.05, 0) is 55.9 Å². The third-order valence-corrected chi connectivity index (χ3v) is 5.76. The van der Waals surface area contributed by atoms with Crippen LogP contribution in [-0.2, 0) is 4.79 Å². The molecule has 1 N–H and O–H groups in total. The Morgan fingerprint density at radius 3 is 2.36 bits per heavy atom. The van der Waals surface area contributed by atoms with E-state index in [1.807, 2.05) is 24.9 Å². The third kappa shape index (κ3) is 5.98. The number of ether oxygens (including phenoxy) is 1. The van der Waals surface area contributed by atoms with E-state index >= 15 is 0 Å². The molecule has 1 aliphatic rings. The SMILES string of the molecule is Cc1ccc(C(=O)N2CCN(C)CC2)cc1Nc1cncc(-c2ccc(OC(=O)C(F)(F)F)cc2)n1. The second-order valence-corrected chi connectivity index (χ2v) is 8.45. The number of benzene rings is 2. The Balaban J connectivity index is 1.49. The molecule has 188 valence electrons. The first-order valence-electron chi connectivity index (χ1n) is 11.2. The van der Waals surface area contributed by atoms with Crippen LogP contribution in [0, 0.1) is 6.92 Å². The van der Waals surface area contributed by atoms with Crippen LogP contribution in [0.15, 0.2) is 54.9 Å². The van der Waals surface area contributed by atoms with Gasteiger partial charge in [0.25, 0.3) is 5.91 Å². The zero-order chi connectivity index (χ0) is 25.9. The van der Waals surface area contributed by atoms with Crippen molar-refractivity contribution in [1.82, 2.24) is 19.8 Å². The Morgan fingerprint density at radius 1 is 1.00 bits per heavy atom. The summed E-state index contributed by atoms with van der Waals surface area (Å²) in [4.78, 5) is 36.7. The molecule has 2 aromatic carbocycles. The summed E-state index contributed by atoms with van der Waals surface area (Å²) in [6.45, 7) is 4.92. The predicted molar refractivity (Wildman–Crippen MR) is 127 cm³/mol. The minimum atomic E-state index is -5.07. The fourth-order valence-corrected chi connectivity index (χ4v) is 3.64. The number of nitrogens with one attached hydrogen (secondary N) is 1. The highest BCUT2D eigenvalue weighted by molar-refractivity contribution is 5.95. The molecule has 0 bridgehead atoms. The Labute approximate surface area is 205 Å². The molecule has 0 saturated carbocycles. The van der Waals surface area contributed by atoms with Crippen LogP contribution in [0.3, 0.4) is 0 Å². The Bertz CT molecular complexity index is 1260. The van der Waals surface area contributed by atoms with E-state index < -0.39 is 12.1 Å². The van der Waals surface area contributed by atoms with Crippen molar-refractivity contribution >= 4 is 23.4 Å². The number of aryl methyl sites for hydroxylation is 1. The van der Waals surface area contributed by atoms with Crippen LogP contribution < -0.4 is 10.1 Å². The van der Waals surface area contributed by atoms with Gasteiger partial charge in [-0.2, -0.15) is 13.2 Å². The highest BCUT2D eigenvalue weighted by Crippen LogP contribution is 2.26. The Morgan fingerprint density at radius 2 is 1.69 bits per heavy atom. The van der Waals surface area contributed by atoms with Crippen molar-refractivity contribution in [1.29, 1.82) is 0 Å². The van der Waals surface area contributed by atoms with Gasteiger partial charge in [0, 0.05) is 43.0 Å². The predicted octanol–water partition coefficient (Wildman–Crippen LogP) is 4.05. The van der Waals surface area contributed by atoms with E-state index in [0.29, 0.717) is 41.4 Å². The Kier molecular flexibility index (Phi) is 7.20. The highest BCUT2D eigenvalue weighted by atomic mass is 19.4. The monoisotopic (exact) mass is 499 g/mol. The minimum Gasteiger partial charge on any atom is -0.420 e. The molecule has 1 aliphatic heterocycles. The number of likely N-dealkylation sites (N-methyl/N-ethyl adjacent to an activating group) is 1. The number of esters is 1. The minimum absolute atomic E-state index is 0.0303. The molecule has 8 nitrogen and oxygen atoms in total. The lowest BCUT2D eigenvalue weighted by Gasteiger charge is -2.32. The molecule has 0 radical (unpaired) electrons. The van der Waals surface area contributed by atoms with Crippen LogP contribution in [-0.4, -0.2) is 71.0 Å². The fraction of sp³-hybridized carbons (Fsp3) is 0.280. The standard InChI is InChI=1S/C25H24F3N5O3/c1-16-3-4-18(23(34)33-11-9-32(2)10-12-33)13-20(16)30-22-15-29-14-21(31-22)17-5-7-19(8-6-17)36-24(35)25(26,27)28/h3-8,13-15H,9-12H2,1-2H3,(H,30,31). The van der Waals surface area contributed by atoms with Crippen molar-refractivity contribution in [3.05, 3.63) is 66.0 Å². The molecule has 36 heavy (non-hydrogen) atoms. The maximum atomic E-state index is 13.0. The number of halogens is 3. The van der Waals surface area contributed by atoms with Gasteiger partial charge in [-0.1, -0.05) is 6.07 Å². The normalized spacial score (nSPS) is 14.4. The molecule has 1 saturated heterocycles. The van der Waals surface area contributed by atoms with Crippen molar-refractivity contribution in [2.75, 3.05) is 38.5 Å². The van der Waals surface area contributed by atoms with Gasteiger partial charge in [-0.25, -0.2) is 9.78 Å². The quantitative estimate of drug-likeness (QED) is 0.419. The van der Waals surface area contributed by atoms with Crippen molar-refractivity contribution in [3.63, 3.8) is 0 Å². The van der Waals surface area contributed by atoms with Crippen LogP contribution in [0.25, 0.3) is 11.3 Å². The van der Waals surface area contributed by atoms with Crippen LogP contribution in [0.4, 0.5) is 24.7 Å².